The van der Waals surface area contributed by atoms with Crippen LogP contribution in [0.25, 0.3) is 10.1 Å². The molecule has 106 valence electrons. The molecule has 2 aromatic heterocycles. The van der Waals surface area contributed by atoms with Gasteiger partial charge in [0, 0.05) is 11.3 Å². The minimum Gasteiger partial charge on any atom is -0.395 e. The molecule has 3 aromatic rings. The molecule has 0 spiro atoms. The van der Waals surface area contributed by atoms with Crippen LogP contribution in [0.3, 0.4) is 0 Å². The van der Waals surface area contributed by atoms with E-state index in [2.05, 4.69) is 11.8 Å². The minimum atomic E-state index is 0.0666. The quantitative estimate of drug-likeness (QED) is 0.755. The van der Waals surface area contributed by atoms with Gasteiger partial charge in [0.15, 0.2) is 0 Å². The smallest absolute Gasteiger partial charge is 0.268 e. The van der Waals surface area contributed by atoms with Crippen molar-refractivity contribution >= 4 is 33.0 Å². The maximum atomic E-state index is 12.3. The highest BCUT2D eigenvalue weighted by molar-refractivity contribution is 7.14. The third kappa shape index (κ3) is 3.08. The summed E-state index contributed by atoms with van der Waals surface area (Å²) in [5, 5.41) is 9.49. The van der Waals surface area contributed by atoms with Gasteiger partial charge < -0.3 is 5.11 Å². The van der Waals surface area contributed by atoms with Gasteiger partial charge in [0.2, 0.25) is 0 Å². The van der Waals surface area contributed by atoms with Crippen molar-refractivity contribution in [1.29, 1.82) is 0 Å². The lowest BCUT2D eigenvalue weighted by Gasteiger charge is -1.95. The number of nitrogens with zero attached hydrogens (tertiary/aromatic N) is 1. The summed E-state index contributed by atoms with van der Waals surface area (Å²) in [6.45, 7) is 0.674. The lowest BCUT2D eigenvalue weighted by Crippen LogP contribution is -2.12. The van der Waals surface area contributed by atoms with Crippen molar-refractivity contribution in [2.24, 2.45) is 0 Å². The molecule has 0 aliphatic rings. The molecule has 0 aliphatic heterocycles. The molecule has 0 radical (unpaired) electrons. The van der Waals surface area contributed by atoms with E-state index in [0.29, 0.717) is 13.0 Å². The topological polar surface area (TPSA) is 42.2 Å². The number of benzene rings is 1. The molecule has 0 saturated heterocycles. The molecular formula is C16H13NO2S2. The number of aliphatic hydroxyl groups excluding tert-OH is 1. The minimum absolute atomic E-state index is 0.0666. The van der Waals surface area contributed by atoms with Crippen molar-refractivity contribution in [3.8, 4) is 11.8 Å². The highest BCUT2D eigenvalue weighted by Crippen LogP contribution is 2.20. The van der Waals surface area contributed by atoms with Gasteiger partial charge in [0.25, 0.3) is 5.56 Å². The molecule has 3 nitrogen and oxygen atoms in total. The van der Waals surface area contributed by atoms with Crippen molar-refractivity contribution in [3.05, 3.63) is 56.5 Å². The van der Waals surface area contributed by atoms with Crippen molar-refractivity contribution < 1.29 is 5.11 Å². The summed E-state index contributed by atoms with van der Waals surface area (Å²) in [4.78, 5) is 14.3. The van der Waals surface area contributed by atoms with E-state index >= 15 is 0 Å². The van der Waals surface area contributed by atoms with E-state index in [1.54, 1.807) is 15.3 Å². The highest BCUT2D eigenvalue weighted by atomic mass is 32.1. The number of thiophene rings is 1. The fourth-order valence-corrected chi connectivity index (χ4v) is 3.97. The summed E-state index contributed by atoms with van der Waals surface area (Å²) in [5.41, 5.74) is 0.0666. The summed E-state index contributed by atoms with van der Waals surface area (Å²) in [6, 6.07) is 11.6. The second-order valence-corrected chi connectivity index (χ2v) is 6.70. The Kier molecular flexibility index (Phi) is 4.20. The molecule has 0 unspecified atom stereocenters. The van der Waals surface area contributed by atoms with E-state index in [1.165, 1.54) is 11.5 Å². The summed E-state index contributed by atoms with van der Waals surface area (Å²) < 4.78 is 2.79. The van der Waals surface area contributed by atoms with Gasteiger partial charge >= 0.3 is 0 Å². The Morgan fingerprint density at radius 1 is 1.19 bits per heavy atom. The molecular weight excluding hydrogens is 302 g/mol. The van der Waals surface area contributed by atoms with Crippen LogP contribution in [0.2, 0.25) is 0 Å². The van der Waals surface area contributed by atoms with Gasteiger partial charge in [0.1, 0.15) is 0 Å². The number of aromatic nitrogens is 1. The molecule has 0 atom stereocenters. The average molecular weight is 315 g/mol. The maximum absolute atomic E-state index is 12.3. The fourth-order valence-electron chi connectivity index (χ4n) is 2.00. The Balaban J connectivity index is 1.84. The average Bonchev–Trinajstić information content (AvgIpc) is 3.06. The van der Waals surface area contributed by atoms with E-state index in [4.69, 9.17) is 5.11 Å². The van der Waals surface area contributed by atoms with E-state index in [-0.39, 0.29) is 12.2 Å². The van der Waals surface area contributed by atoms with Gasteiger partial charge in [-0.15, -0.1) is 11.3 Å². The Morgan fingerprint density at radius 2 is 2.05 bits per heavy atom. The van der Waals surface area contributed by atoms with Crippen LogP contribution in [0.5, 0.6) is 0 Å². The third-order valence-electron chi connectivity index (χ3n) is 2.96. The summed E-state index contributed by atoms with van der Waals surface area (Å²) in [7, 11) is 0. The first-order chi connectivity index (χ1) is 10.3. The first-order valence-corrected chi connectivity index (χ1v) is 8.14. The zero-order valence-corrected chi connectivity index (χ0v) is 12.8. The van der Waals surface area contributed by atoms with Gasteiger partial charge in [-0.05, 0) is 24.3 Å². The normalized spacial score (nSPS) is 10.5. The maximum Gasteiger partial charge on any atom is 0.268 e. The van der Waals surface area contributed by atoms with Crippen LogP contribution in [0, 0.1) is 11.8 Å². The first-order valence-electron chi connectivity index (χ1n) is 6.55. The summed E-state index contributed by atoms with van der Waals surface area (Å²) in [5.74, 6) is 5.92. The number of aliphatic hydroxyl groups is 1. The molecule has 2 heterocycles. The van der Waals surface area contributed by atoms with Gasteiger partial charge in [-0.3, -0.25) is 8.75 Å². The molecule has 1 aromatic carbocycles. The molecule has 21 heavy (non-hydrogen) atoms. The van der Waals surface area contributed by atoms with Gasteiger partial charge in [0.05, 0.1) is 28.1 Å². The molecule has 5 heteroatoms. The lowest BCUT2D eigenvalue weighted by atomic mass is 10.3. The number of rotatable bonds is 3. The second kappa shape index (κ2) is 6.27. The number of fused-ring (bicyclic) bond motifs is 1. The van der Waals surface area contributed by atoms with E-state index < -0.39 is 0 Å². The second-order valence-electron chi connectivity index (χ2n) is 4.47. The lowest BCUT2D eigenvalue weighted by molar-refractivity contribution is 0.305. The zero-order chi connectivity index (χ0) is 14.7. The Labute approximate surface area is 130 Å². The molecule has 3 rings (SSSR count). The standard InChI is InChI=1S/C16H13NO2S2/c18-10-4-3-5-12-8-9-13(20-12)11-17-16(19)14-6-1-2-7-15(14)21-17/h1-2,6-9,18H,4,10-11H2. The zero-order valence-electron chi connectivity index (χ0n) is 11.2. The Hall–Kier alpha value is -1.87. The third-order valence-corrected chi connectivity index (χ3v) is 5.02. The highest BCUT2D eigenvalue weighted by Gasteiger charge is 2.08. The van der Waals surface area contributed by atoms with Gasteiger partial charge in [-0.2, -0.15) is 0 Å². The van der Waals surface area contributed by atoms with E-state index in [0.717, 1.165) is 19.8 Å². The van der Waals surface area contributed by atoms with Crippen LogP contribution in [-0.4, -0.2) is 15.7 Å². The van der Waals surface area contributed by atoms with Crippen LogP contribution in [0.15, 0.2) is 41.2 Å². The molecule has 1 N–H and O–H groups in total. The van der Waals surface area contributed by atoms with Crippen LogP contribution >= 0.6 is 22.9 Å². The Morgan fingerprint density at radius 3 is 2.86 bits per heavy atom. The number of hydrogen-bond donors (Lipinski definition) is 1. The molecule has 0 saturated carbocycles. The largest absolute Gasteiger partial charge is 0.395 e. The molecule has 0 bridgehead atoms. The predicted molar refractivity (Wildman–Crippen MR) is 88.1 cm³/mol. The SMILES string of the molecule is O=c1c2ccccc2sn1Cc1ccc(C#CCCO)s1. The van der Waals surface area contributed by atoms with Crippen molar-refractivity contribution in [2.45, 2.75) is 13.0 Å². The van der Waals surface area contributed by atoms with Crippen molar-refractivity contribution in [3.63, 3.8) is 0 Å². The van der Waals surface area contributed by atoms with Crippen LogP contribution in [0.1, 0.15) is 16.2 Å². The van der Waals surface area contributed by atoms with Gasteiger partial charge in [-0.1, -0.05) is 35.5 Å². The molecule has 0 amide bonds. The Bertz CT molecular complexity index is 877. The monoisotopic (exact) mass is 315 g/mol. The van der Waals surface area contributed by atoms with Crippen molar-refractivity contribution in [1.82, 2.24) is 3.96 Å². The predicted octanol–water partition coefficient (Wildman–Crippen LogP) is 2.91. The first kappa shape index (κ1) is 14.1. The van der Waals surface area contributed by atoms with Crippen LogP contribution in [0.4, 0.5) is 0 Å². The molecule has 0 fully saturated rings. The number of hydrogen-bond acceptors (Lipinski definition) is 4. The van der Waals surface area contributed by atoms with Crippen LogP contribution < -0.4 is 5.56 Å². The van der Waals surface area contributed by atoms with Crippen molar-refractivity contribution in [2.75, 3.05) is 6.61 Å². The van der Waals surface area contributed by atoms with E-state index in [1.807, 2.05) is 36.4 Å². The van der Waals surface area contributed by atoms with Crippen LogP contribution in [-0.2, 0) is 6.54 Å². The molecule has 0 aliphatic carbocycles. The van der Waals surface area contributed by atoms with Gasteiger partial charge in [-0.25, -0.2) is 0 Å². The summed E-state index contributed by atoms with van der Waals surface area (Å²) >= 11 is 3.08. The van der Waals surface area contributed by atoms with E-state index in [9.17, 15) is 4.79 Å². The fraction of sp³-hybridized carbons (Fsp3) is 0.188. The summed E-state index contributed by atoms with van der Waals surface area (Å²) in [6.07, 6.45) is 0.489.